The molecule has 1 aliphatic heterocycles. The van der Waals surface area contributed by atoms with Crippen LogP contribution in [0.5, 0.6) is 0 Å². The normalized spacial score (nSPS) is 16.6. The monoisotopic (exact) mass is 346 g/mol. The highest BCUT2D eigenvalue weighted by atomic mass is 32.1. The zero-order valence-corrected chi connectivity index (χ0v) is 14.8. The van der Waals surface area contributed by atoms with Crippen molar-refractivity contribution in [2.45, 2.75) is 33.7 Å². The summed E-state index contributed by atoms with van der Waals surface area (Å²) in [4.78, 5) is 30.3. The number of esters is 1. The molecule has 0 unspecified atom stereocenters. The highest BCUT2D eigenvalue weighted by Gasteiger charge is 2.32. The number of hydrogen-bond acceptors (Lipinski definition) is 6. The lowest BCUT2D eigenvalue weighted by molar-refractivity contribution is -0.138. The van der Waals surface area contributed by atoms with Crippen molar-refractivity contribution in [1.82, 2.24) is 4.57 Å². The van der Waals surface area contributed by atoms with E-state index in [2.05, 4.69) is 4.99 Å². The number of allylic oxidation sites excluding steroid dienone is 1. The standard InChI is InChI=1S/C17H18N2O4S/c1-5-22-16(21)12-10(4)19-15(20)14(9(2)3)24-17(19)18-13(12)11-7-6-8-23-11/h6-8,13H,5H2,1-4H3/t13-/m0/s1. The molecule has 0 spiro atoms. The van der Waals surface area contributed by atoms with E-state index in [1.165, 1.54) is 22.2 Å². The van der Waals surface area contributed by atoms with Crippen LogP contribution in [0.4, 0.5) is 0 Å². The van der Waals surface area contributed by atoms with E-state index >= 15 is 0 Å². The molecule has 0 amide bonds. The van der Waals surface area contributed by atoms with Crippen LogP contribution in [0.2, 0.25) is 0 Å². The van der Waals surface area contributed by atoms with Crippen LogP contribution in [0.3, 0.4) is 0 Å². The second-order valence-electron chi connectivity index (χ2n) is 5.62. The van der Waals surface area contributed by atoms with Crippen LogP contribution in [0, 0.1) is 0 Å². The van der Waals surface area contributed by atoms with Gasteiger partial charge in [0, 0.05) is 5.70 Å². The Morgan fingerprint density at radius 2 is 2.21 bits per heavy atom. The summed E-state index contributed by atoms with van der Waals surface area (Å²) < 4.78 is 12.7. The summed E-state index contributed by atoms with van der Waals surface area (Å²) in [6.07, 6.45) is 1.54. The maximum Gasteiger partial charge on any atom is 0.338 e. The van der Waals surface area contributed by atoms with Gasteiger partial charge in [0.1, 0.15) is 11.8 Å². The lowest BCUT2D eigenvalue weighted by atomic mass is 10.0. The molecule has 3 rings (SSSR count). The molecule has 0 N–H and O–H groups in total. The number of thiazole rings is 1. The zero-order chi connectivity index (χ0) is 17.4. The first-order valence-corrected chi connectivity index (χ1v) is 8.46. The van der Waals surface area contributed by atoms with Gasteiger partial charge in [-0.2, -0.15) is 0 Å². The van der Waals surface area contributed by atoms with Gasteiger partial charge in [-0.3, -0.25) is 9.36 Å². The number of nitrogens with zero attached hydrogens (tertiary/aromatic N) is 2. The van der Waals surface area contributed by atoms with E-state index < -0.39 is 12.0 Å². The first-order chi connectivity index (χ1) is 11.5. The molecule has 7 heteroatoms. The Bertz CT molecular complexity index is 989. The van der Waals surface area contributed by atoms with Gasteiger partial charge in [0.15, 0.2) is 4.80 Å². The van der Waals surface area contributed by atoms with E-state index in [1.807, 2.05) is 13.8 Å². The third-order valence-electron chi connectivity index (χ3n) is 3.78. The summed E-state index contributed by atoms with van der Waals surface area (Å²) in [6.45, 7) is 7.50. The van der Waals surface area contributed by atoms with E-state index in [0.29, 0.717) is 26.4 Å². The molecule has 0 aromatic carbocycles. The fraction of sp³-hybridized carbons (Fsp3) is 0.353. The van der Waals surface area contributed by atoms with Gasteiger partial charge in [-0.15, -0.1) is 0 Å². The van der Waals surface area contributed by atoms with Gasteiger partial charge in [0.25, 0.3) is 5.56 Å². The Labute approximate surface area is 142 Å². The Hall–Kier alpha value is -2.41. The quantitative estimate of drug-likeness (QED) is 0.795. The molecule has 0 radical (unpaired) electrons. The number of fused-ring (bicyclic) bond motifs is 1. The molecule has 1 atom stereocenters. The molecular weight excluding hydrogens is 328 g/mol. The van der Waals surface area contributed by atoms with E-state index in [1.54, 1.807) is 26.0 Å². The Kier molecular flexibility index (Phi) is 4.28. The number of carbonyl (C=O) groups is 1. The molecule has 126 valence electrons. The topological polar surface area (TPSA) is 73.8 Å². The molecule has 0 aliphatic carbocycles. The van der Waals surface area contributed by atoms with E-state index in [0.717, 1.165) is 5.57 Å². The Morgan fingerprint density at radius 1 is 1.46 bits per heavy atom. The Morgan fingerprint density at radius 3 is 2.79 bits per heavy atom. The predicted octanol–water partition coefficient (Wildman–Crippen LogP) is 1.86. The fourth-order valence-electron chi connectivity index (χ4n) is 2.68. The van der Waals surface area contributed by atoms with Crippen LogP contribution in [0.25, 0.3) is 11.3 Å². The first kappa shape index (κ1) is 16.4. The largest absolute Gasteiger partial charge is 0.467 e. The first-order valence-electron chi connectivity index (χ1n) is 7.64. The lowest BCUT2D eigenvalue weighted by Gasteiger charge is -2.20. The zero-order valence-electron chi connectivity index (χ0n) is 14.0. The van der Waals surface area contributed by atoms with Crippen molar-refractivity contribution < 1.29 is 13.9 Å². The van der Waals surface area contributed by atoms with Crippen molar-refractivity contribution in [2.75, 3.05) is 6.61 Å². The van der Waals surface area contributed by atoms with Gasteiger partial charge in [0.2, 0.25) is 0 Å². The van der Waals surface area contributed by atoms with Crippen LogP contribution in [0.15, 0.2) is 38.2 Å². The number of aromatic nitrogens is 1. The van der Waals surface area contributed by atoms with Crippen molar-refractivity contribution in [3.05, 3.63) is 49.4 Å². The molecule has 24 heavy (non-hydrogen) atoms. The molecule has 0 saturated heterocycles. The smallest absolute Gasteiger partial charge is 0.338 e. The lowest BCUT2D eigenvalue weighted by Crippen LogP contribution is -2.35. The number of carbonyl (C=O) groups excluding carboxylic acids is 1. The van der Waals surface area contributed by atoms with Gasteiger partial charge < -0.3 is 9.15 Å². The van der Waals surface area contributed by atoms with E-state index in [-0.39, 0.29) is 12.2 Å². The van der Waals surface area contributed by atoms with Crippen molar-refractivity contribution in [2.24, 2.45) is 4.99 Å². The second-order valence-corrected chi connectivity index (χ2v) is 6.60. The minimum absolute atomic E-state index is 0.157. The molecule has 0 fully saturated rings. The third kappa shape index (κ3) is 2.54. The molecule has 6 nitrogen and oxygen atoms in total. The molecule has 2 aromatic heterocycles. The maximum atomic E-state index is 12.7. The maximum absolute atomic E-state index is 12.7. The summed E-state index contributed by atoms with van der Waals surface area (Å²) in [5.74, 6) is 0.0610. The minimum Gasteiger partial charge on any atom is -0.467 e. The van der Waals surface area contributed by atoms with Crippen LogP contribution in [0.1, 0.15) is 39.5 Å². The van der Waals surface area contributed by atoms with E-state index in [4.69, 9.17) is 9.15 Å². The van der Waals surface area contributed by atoms with Crippen LogP contribution in [-0.4, -0.2) is 17.1 Å². The van der Waals surface area contributed by atoms with Gasteiger partial charge in [-0.05, 0) is 39.8 Å². The molecular formula is C17H18N2O4S. The summed E-state index contributed by atoms with van der Waals surface area (Å²) >= 11 is 1.32. The number of furan rings is 1. The summed E-state index contributed by atoms with van der Waals surface area (Å²) in [5.41, 5.74) is 1.63. The molecule has 2 aromatic rings. The summed E-state index contributed by atoms with van der Waals surface area (Å²) in [5, 5.41) is 0. The van der Waals surface area contributed by atoms with Crippen LogP contribution in [-0.2, 0) is 9.53 Å². The number of rotatable bonds is 3. The SMILES string of the molecule is CCOC(=O)C1=C(C)n2c(sc(=C(C)C)c2=O)=N[C@H]1c1ccco1. The van der Waals surface area contributed by atoms with E-state index in [9.17, 15) is 9.59 Å². The van der Waals surface area contributed by atoms with Crippen molar-refractivity contribution >= 4 is 28.6 Å². The van der Waals surface area contributed by atoms with Gasteiger partial charge in [-0.25, -0.2) is 9.79 Å². The van der Waals surface area contributed by atoms with Gasteiger partial charge in [-0.1, -0.05) is 16.9 Å². The van der Waals surface area contributed by atoms with Crippen molar-refractivity contribution in [3.63, 3.8) is 0 Å². The third-order valence-corrected chi connectivity index (χ3v) is 5.04. The molecule has 0 saturated carbocycles. The highest BCUT2D eigenvalue weighted by molar-refractivity contribution is 7.07. The fourth-order valence-corrected chi connectivity index (χ4v) is 3.71. The summed E-state index contributed by atoms with van der Waals surface area (Å²) in [6, 6.07) is 2.90. The van der Waals surface area contributed by atoms with Crippen molar-refractivity contribution in [3.8, 4) is 0 Å². The molecule has 3 heterocycles. The van der Waals surface area contributed by atoms with Crippen LogP contribution >= 0.6 is 11.3 Å². The predicted molar refractivity (Wildman–Crippen MR) is 91.1 cm³/mol. The van der Waals surface area contributed by atoms with Gasteiger partial charge >= 0.3 is 5.97 Å². The molecule has 0 bridgehead atoms. The van der Waals surface area contributed by atoms with Crippen LogP contribution < -0.4 is 14.9 Å². The Balaban J connectivity index is 2.34. The average Bonchev–Trinajstić information content (AvgIpc) is 3.15. The molecule has 1 aliphatic rings. The van der Waals surface area contributed by atoms with Crippen molar-refractivity contribution in [1.29, 1.82) is 0 Å². The average molecular weight is 346 g/mol. The number of hydrogen-bond donors (Lipinski definition) is 0. The van der Waals surface area contributed by atoms with Gasteiger partial charge in [0.05, 0.1) is 23.0 Å². The number of ether oxygens (including phenoxy) is 1. The summed E-state index contributed by atoms with van der Waals surface area (Å²) in [7, 11) is 0. The highest BCUT2D eigenvalue weighted by Crippen LogP contribution is 2.32. The second kappa shape index (κ2) is 6.24. The minimum atomic E-state index is -0.609.